The third-order valence-electron chi connectivity index (χ3n) is 8.00. The van der Waals surface area contributed by atoms with Gasteiger partial charge < -0.3 is 0 Å². The van der Waals surface area contributed by atoms with Crippen molar-refractivity contribution in [3.63, 3.8) is 0 Å². The summed E-state index contributed by atoms with van der Waals surface area (Å²) in [6, 6.07) is -36.9. The molecule has 10 aromatic rings. The van der Waals surface area contributed by atoms with Gasteiger partial charge in [-0.15, -0.1) is 0 Å². The summed E-state index contributed by atoms with van der Waals surface area (Å²) in [6.45, 7) is 0. The molecule has 0 heterocycles. The molecule has 0 aromatic heterocycles. The van der Waals surface area contributed by atoms with Crippen molar-refractivity contribution in [1.29, 1.82) is 0 Å². The molecule has 52 heavy (non-hydrogen) atoms. The van der Waals surface area contributed by atoms with E-state index in [0.29, 0.717) is 0 Å². The number of rotatable bonds is 5. The molecule has 0 atom stereocenters. The lowest BCUT2D eigenvalue weighted by atomic mass is 9.83. The summed E-state index contributed by atoms with van der Waals surface area (Å²) in [7, 11) is 0. The maximum Gasteiger partial charge on any atom is 0.0636 e. The van der Waals surface area contributed by atoms with Crippen molar-refractivity contribution in [1.82, 2.24) is 0 Å². The second-order valence-corrected chi connectivity index (χ2v) is 11.0. The molecule has 0 bridgehead atoms. The highest BCUT2D eigenvalue weighted by Gasteiger charge is 2.19. The first-order chi connectivity index (χ1) is 40.0. The summed E-state index contributed by atoms with van der Waals surface area (Å²) in [4.78, 5) is 0. The Morgan fingerprint density at radius 1 is 0.212 bits per heavy atom. The zero-order chi connectivity index (χ0) is 64.0. The molecule has 242 valence electrons. The van der Waals surface area contributed by atoms with E-state index >= 15 is 0 Å². The first kappa shape index (κ1) is 11.4. The fourth-order valence-corrected chi connectivity index (χ4v) is 5.75. The molecule has 0 unspecified atom stereocenters. The third kappa shape index (κ3) is 5.25. The van der Waals surface area contributed by atoms with Gasteiger partial charge in [-0.2, -0.15) is 0 Å². The Morgan fingerprint density at radius 2 is 0.615 bits per heavy atom. The molecule has 0 saturated carbocycles. The highest BCUT2D eigenvalue weighted by atomic mass is 14.2. The van der Waals surface area contributed by atoms with Crippen LogP contribution in [0.3, 0.4) is 0 Å². The molecule has 0 saturated heterocycles. The van der Waals surface area contributed by atoms with Crippen molar-refractivity contribution < 1.29 is 46.6 Å². The van der Waals surface area contributed by atoms with Gasteiger partial charge in [0.15, 0.2) is 0 Å². The highest BCUT2D eigenvalue weighted by Crippen LogP contribution is 2.46. The predicted octanol–water partition coefficient (Wildman–Crippen LogP) is 14.6. The summed E-state index contributed by atoms with van der Waals surface area (Å²) in [5.41, 5.74) is -10.3. The third-order valence-corrected chi connectivity index (χ3v) is 8.00. The molecule has 0 aliphatic heterocycles. The summed E-state index contributed by atoms with van der Waals surface area (Å²) < 4.78 is 311. The van der Waals surface area contributed by atoms with Crippen LogP contribution in [0.2, 0.25) is 0 Å². The monoisotopic (exact) mass is 692 g/mol. The van der Waals surface area contributed by atoms with Crippen molar-refractivity contribution in [2.75, 3.05) is 0 Å². The molecule has 0 nitrogen and oxygen atoms in total. The van der Waals surface area contributed by atoms with E-state index in [2.05, 4.69) is 0 Å². The van der Waals surface area contributed by atoms with Gasteiger partial charge in [0.1, 0.15) is 0 Å². The second-order valence-electron chi connectivity index (χ2n) is 11.0. The van der Waals surface area contributed by atoms with E-state index in [-0.39, 0.29) is 0 Å². The molecule has 0 aliphatic carbocycles. The van der Waals surface area contributed by atoms with Gasteiger partial charge in [0.2, 0.25) is 0 Å². The van der Waals surface area contributed by atoms with Crippen LogP contribution in [0.4, 0.5) is 0 Å². The molecule has 10 aromatic carbocycles. The Labute approximate surface area is 351 Å². The Hall–Kier alpha value is -6.76. The second kappa shape index (κ2) is 12.5. The number of hydrogen-bond donors (Lipinski definition) is 0. The Morgan fingerprint density at radius 3 is 1.21 bits per heavy atom. The van der Waals surface area contributed by atoms with Crippen molar-refractivity contribution >= 4 is 43.1 Å². The molecule has 0 aliphatic rings. The standard InChI is InChI=1S/C52H34/c1-3-13-35(14-4-1)44-31-45(36-15-5-2-6-16-36)33-46(32-44)52-48-22-12-11-21-47(48)51(43-26-24-38-18-8-10-20-40(38)30-43)49-28-27-42(34-50(49)52)41-25-23-37-17-7-9-19-39(37)29-41/h1-34H/i1D,2D,3D,4D,5D,6D,7D,8D,9D,10D,11D,12D,13D,14D,15D,16D,17D,18D,19D,20D,21D,22D,23D,24D,25D,26D,27D,28D,29D,30D,31D,32D,33D,34D. The van der Waals surface area contributed by atoms with Crippen LogP contribution in [0.5, 0.6) is 0 Å². The van der Waals surface area contributed by atoms with Crippen LogP contribution >= 0.6 is 0 Å². The molecule has 0 spiro atoms. The van der Waals surface area contributed by atoms with Gasteiger partial charge in [0, 0.05) is 0 Å². The van der Waals surface area contributed by atoms with Gasteiger partial charge in [-0.1, -0.05) is 169 Å². The van der Waals surface area contributed by atoms with Crippen molar-refractivity contribution in [3.8, 4) is 55.6 Å². The molecule has 0 fully saturated rings. The predicted molar refractivity (Wildman–Crippen MR) is 224 cm³/mol. The minimum atomic E-state index is -1.30. The van der Waals surface area contributed by atoms with Gasteiger partial charge in [-0.3, -0.25) is 0 Å². The van der Waals surface area contributed by atoms with Gasteiger partial charge in [-0.25, -0.2) is 0 Å². The Balaban J connectivity index is 1.63. The lowest BCUT2D eigenvalue weighted by molar-refractivity contribution is 1.58. The van der Waals surface area contributed by atoms with Gasteiger partial charge in [-0.05, 0) is 135 Å². The van der Waals surface area contributed by atoms with Crippen LogP contribution in [-0.2, 0) is 0 Å². The van der Waals surface area contributed by atoms with E-state index in [1.165, 1.54) is 0 Å². The summed E-state index contributed by atoms with van der Waals surface area (Å²) >= 11 is 0. The van der Waals surface area contributed by atoms with Crippen LogP contribution in [0.15, 0.2) is 205 Å². The van der Waals surface area contributed by atoms with Crippen molar-refractivity contribution in [2.45, 2.75) is 0 Å². The average Bonchev–Trinajstić information content (AvgIpc) is 0.695. The van der Waals surface area contributed by atoms with E-state index in [1.807, 2.05) is 0 Å². The molecule has 0 radical (unpaired) electrons. The first-order valence-electron chi connectivity index (χ1n) is 32.2. The molecular weight excluding hydrogens is 625 g/mol. The summed E-state index contributed by atoms with van der Waals surface area (Å²) in [6.07, 6.45) is 0. The van der Waals surface area contributed by atoms with E-state index in [9.17, 15) is 17.8 Å². The van der Waals surface area contributed by atoms with Crippen LogP contribution in [-0.4, -0.2) is 0 Å². The summed E-state index contributed by atoms with van der Waals surface area (Å²) in [5.74, 6) is 0. The lowest BCUT2D eigenvalue weighted by Crippen LogP contribution is -1.93. The highest BCUT2D eigenvalue weighted by molar-refractivity contribution is 6.22. The summed E-state index contributed by atoms with van der Waals surface area (Å²) in [5, 5.41) is -6.87. The lowest BCUT2D eigenvalue weighted by Gasteiger charge is -2.20. The fraction of sp³-hybridized carbons (Fsp3) is 0. The SMILES string of the molecule is [2H]c1c([2H])c([2H])c(-c2c([2H])c(-c3c([2H])c([2H])c([2H])c([2H])c3[2H])c([2H])c(-c3c4c([2H])c([2H])c([2H])c([2H])c4c(-c4c([2H])c([2H])c5c([2H])c([2H])c([2H])c([2H])c5c4[2H])c4c([2H])c([2H])c(-c5c([2H])c([2H])c6c([2H])c([2H])c([2H])c([2H])c6c5[2H])c([2H])c34)c2[2H])c([2H])c1[2H]. The van der Waals surface area contributed by atoms with Gasteiger partial charge in [0.25, 0.3) is 0 Å². The topological polar surface area (TPSA) is 0 Å². The van der Waals surface area contributed by atoms with Crippen LogP contribution in [0.25, 0.3) is 98.7 Å². The zero-order valence-electron chi connectivity index (χ0n) is 60.0. The van der Waals surface area contributed by atoms with Gasteiger partial charge >= 0.3 is 0 Å². The minimum Gasteiger partial charge on any atom is -0.0622 e. The van der Waals surface area contributed by atoms with E-state index in [4.69, 9.17) is 28.8 Å². The normalized spacial score (nSPS) is 20.6. The molecule has 0 N–H and O–H groups in total. The molecule has 0 heteroatoms. The number of benzene rings is 10. The van der Waals surface area contributed by atoms with Crippen LogP contribution < -0.4 is 0 Å². The minimum absolute atomic E-state index is 0.676. The smallest absolute Gasteiger partial charge is 0.0622 e. The first-order valence-corrected chi connectivity index (χ1v) is 15.2. The van der Waals surface area contributed by atoms with E-state index in [1.54, 1.807) is 0 Å². The van der Waals surface area contributed by atoms with Crippen LogP contribution in [0, 0.1) is 0 Å². The zero-order valence-corrected chi connectivity index (χ0v) is 26.0. The van der Waals surface area contributed by atoms with Gasteiger partial charge in [0.05, 0.1) is 46.6 Å². The number of fused-ring (bicyclic) bond motifs is 4. The maximum atomic E-state index is 10.4. The van der Waals surface area contributed by atoms with Crippen molar-refractivity contribution in [2.24, 2.45) is 0 Å². The largest absolute Gasteiger partial charge is 0.0636 e. The molecule has 0 amide bonds. The molecular formula is C52H34. The Kier molecular flexibility index (Phi) is 2.74. The number of hydrogen-bond acceptors (Lipinski definition) is 0. The maximum absolute atomic E-state index is 10.4. The molecule has 10 rings (SSSR count). The quantitative estimate of drug-likeness (QED) is 0.158. The van der Waals surface area contributed by atoms with E-state index in [0.717, 1.165) is 0 Å². The van der Waals surface area contributed by atoms with E-state index < -0.39 is 304 Å². The van der Waals surface area contributed by atoms with Crippen molar-refractivity contribution in [3.05, 3.63) is 205 Å². The Bertz CT molecular complexity index is 4760. The fourth-order valence-electron chi connectivity index (χ4n) is 5.75. The van der Waals surface area contributed by atoms with Crippen LogP contribution in [0.1, 0.15) is 46.6 Å². The average molecular weight is 693 g/mol.